The molecule has 0 aromatic heterocycles. The minimum atomic E-state index is 0.884. The van der Waals surface area contributed by atoms with Gasteiger partial charge in [-0.3, -0.25) is 0 Å². The first kappa shape index (κ1) is 7.88. The van der Waals surface area contributed by atoms with Crippen LogP contribution >= 0.6 is 0 Å². The third-order valence-corrected chi connectivity index (χ3v) is 1.31. The minimum absolute atomic E-state index is 0.884. The summed E-state index contributed by atoms with van der Waals surface area (Å²) in [7, 11) is 0. The third-order valence-electron chi connectivity index (χ3n) is 1.31. The summed E-state index contributed by atoms with van der Waals surface area (Å²) in [6.45, 7) is 3.71. The Morgan fingerprint density at radius 2 is 1.91 bits per heavy atom. The molecular weight excluding hydrogens is 132 g/mol. The molecule has 0 bridgehead atoms. The molecular formula is C11H11. The average molecular weight is 143 g/mol. The number of rotatable bonds is 1. The van der Waals surface area contributed by atoms with Crippen molar-refractivity contribution in [3.63, 3.8) is 0 Å². The van der Waals surface area contributed by atoms with Crippen molar-refractivity contribution < 1.29 is 0 Å². The second kappa shape index (κ2) is 4.57. The zero-order valence-electron chi connectivity index (χ0n) is 6.51. The molecule has 1 rings (SSSR count). The molecule has 0 aliphatic heterocycles. The van der Waals surface area contributed by atoms with Crippen LogP contribution in [-0.4, -0.2) is 0 Å². The molecule has 1 aromatic carbocycles. The molecule has 0 unspecified atom stereocenters. The van der Waals surface area contributed by atoms with Gasteiger partial charge in [0.05, 0.1) is 0 Å². The summed E-state index contributed by atoms with van der Waals surface area (Å²) in [6.07, 6.45) is 1.77. The second-order valence-corrected chi connectivity index (χ2v) is 2.27. The minimum Gasteiger partial charge on any atom is -0.0979 e. The van der Waals surface area contributed by atoms with Crippen molar-refractivity contribution in [3.8, 4) is 11.8 Å². The first-order chi connectivity index (χ1) is 5.43. The highest BCUT2D eigenvalue weighted by Crippen LogP contribution is 1.95. The van der Waals surface area contributed by atoms with Crippen molar-refractivity contribution in [3.05, 3.63) is 42.8 Å². The Bertz CT molecular complexity index is 248. The molecule has 11 heavy (non-hydrogen) atoms. The van der Waals surface area contributed by atoms with E-state index in [4.69, 9.17) is 0 Å². The van der Waals surface area contributed by atoms with Gasteiger partial charge in [0.25, 0.3) is 0 Å². The van der Waals surface area contributed by atoms with E-state index in [-0.39, 0.29) is 0 Å². The van der Waals surface area contributed by atoms with Gasteiger partial charge >= 0.3 is 0 Å². The molecule has 0 heterocycles. The lowest BCUT2D eigenvalue weighted by Crippen LogP contribution is -1.70. The normalized spacial score (nSPS) is 8.45. The van der Waals surface area contributed by atoms with Crippen LogP contribution < -0.4 is 0 Å². The number of unbranched alkanes of at least 4 members (excludes halogenated alkanes) is 1. The maximum Gasteiger partial charge on any atom is 0.0245 e. The highest BCUT2D eigenvalue weighted by Gasteiger charge is 1.79. The molecule has 0 saturated heterocycles. The van der Waals surface area contributed by atoms with E-state index in [0.29, 0.717) is 0 Å². The highest BCUT2D eigenvalue weighted by molar-refractivity contribution is 5.33. The van der Waals surface area contributed by atoms with Crippen molar-refractivity contribution in [2.24, 2.45) is 0 Å². The van der Waals surface area contributed by atoms with Crippen LogP contribution in [0.25, 0.3) is 0 Å². The second-order valence-electron chi connectivity index (χ2n) is 2.27. The van der Waals surface area contributed by atoms with E-state index in [1.165, 1.54) is 0 Å². The van der Waals surface area contributed by atoms with Crippen LogP contribution in [-0.2, 0) is 0 Å². The summed E-state index contributed by atoms with van der Waals surface area (Å²) < 4.78 is 0. The largest absolute Gasteiger partial charge is 0.0979 e. The highest BCUT2D eigenvalue weighted by atomic mass is 13.8. The zero-order chi connectivity index (χ0) is 7.94. The van der Waals surface area contributed by atoms with Crippen LogP contribution in [0.4, 0.5) is 0 Å². The van der Waals surface area contributed by atoms with E-state index in [1.807, 2.05) is 30.3 Å². The van der Waals surface area contributed by atoms with Gasteiger partial charge in [-0.15, -0.1) is 0 Å². The van der Waals surface area contributed by atoms with Gasteiger partial charge in [-0.25, -0.2) is 0 Å². The Balaban J connectivity index is 2.59. The topological polar surface area (TPSA) is 0 Å². The lowest BCUT2D eigenvalue weighted by Gasteiger charge is -1.85. The molecule has 0 saturated carbocycles. The molecule has 1 radical (unpaired) electrons. The quantitative estimate of drug-likeness (QED) is 0.530. The number of hydrogen-bond acceptors (Lipinski definition) is 0. The molecule has 0 aliphatic carbocycles. The van der Waals surface area contributed by atoms with Gasteiger partial charge in [-0.05, 0) is 18.6 Å². The van der Waals surface area contributed by atoms with Crippen molar-refractivity contribution in [2.45, 2.75) is 12.8 Å². The first-order valence-electron chi connectivity index (χ1n) is 3.76. The fraction of sp³-hybridized carbons (Fsp3) is 0.182. The average Bonchev–Trinajstić information content (AvgIpc) is 2.07. The van der Waals surface area contributed by atoms with Gasteiger partial charge in [0, 0.05) is 12.0 Å². The van der Waals surface area contributed by atoms with E-state index in [0.717, 1.165) is 18.4 Å². The lowest BCUT2D eigenvalue weighted by molar-refractivity contribution is 1.08. The number of benzene rings is 1. The van der Waals surface area contributed by atoms with Crippen molar-refractivity contribution in [1.29, 1.82) is 0 Å². The first-order valence-corrected chi connectivity index (χ1v) is 3.76. The fourth-order valence-corrected chi connectivity index (χ4v) is 0.774. The molecule has 0 amide bonds. The smallest absolute Gasteiger partial charge is 0.0245 e. The monoisotopic (exact) mass is 143 g/mol. The summed E-state index contributed by atoms with van der Waals surface area (Å²) in [5.41, 5.74) is 1.08. The molecule has 1 aromatic rings. The van der Waals surface area contributed by atoms with E-state index in [9.17, 15) is 0 Å². The molecule has 55 valence electrons. The van der Waals surface area contributed by atoms with Crippen molar-refractivity contribution in [2.75, 3.05) is 0 Å². The summed E-state index contributed by atoms with van der Waals surface area (Å²) in [4.78, 5) is 0. The lowest BCUT2D eigenvalue weighted by atomic mass is 10.2. The fourth-order valence-electron chi connectivity index (χ4n) is 0.774. The molecule has 0 nitrogen and oxygen atoms in total. The van der Waals surface area contributed by atoms with Crippen molar-refractivity contribution in [1.82, 2.24) is 0 Å². The van der Waals surface area contributed by atoms with Gasteiger partial charge < -0.3 is 0 Å². The maximum absolute atomic E-state index is 3.71. The Morgan fingerprint density at radius 1 is 1.18 bits per heavy atom. The van der Waals surface area contributed by atoms with Gasteiger partial charge in [-0.1, -0.05) is 37.0 Å². The van der Waals surface area contributed by atoms with E-state index < -0.39 is 0 Å². The van der Waals surface area contributed by atoms with E-state index in [1.54, 1.807) is 0 Å². The van der Waals surface area contributed by atoms with Crippen LogP contribution in [0.5, 0.6) is 0 Å². The maximum atomic E-state index is 3.71. The molecule has 0 spiro atoms. The third kappa shape index (κ3) is 2.91. The Hall–Kier alpha value is -1.22. The Morgan fingerprint density at radius 3 is 2.55 bits per heavy atom. The van der Waals surface area contributed by atoms with Crippen LogP contribution in [0.2, 0.25) is 0 Å². The predicted octanol–water partition coefficient (Wildman–Crippen LogP) is 2.65. The summed E-state index contributed by atoms with van der Waals surface area (Å²) in [5.74, 6) is 6.09. The van der Waals surface area contributed by atoms with Gasteiger partial charge in [0.15, 0.2) is 0 Å². The predicted molar refractivity (Wildman–Crippen MR) is 47.9 cm³/mol. The van der Waals surface area contributed by atoms with Gasteiger partial charge in [0.1, 0.15) is 0 Å². The standard InChI is InChI=1S/C11H11/c1-2-3-5-8-11-9-6-4-7-10-11/h4,6-7,9-10H,1-3H2. The van der Waals surface area contributed by atoms with Crippen LogP contribution in [0, 0.1) is 18.8 Å². The van der Waals surface area contributed by atoms with Crippen molar-refractivity contribution >= 4 is 0 Å². The van der Waals surface area contributed by atoms with Crippen LogP contribution in [0.3, 0.4) is 0 Å². The van der Waals surface area contributed by atoms with Crippen LogP contribution in [0.15, 0.2) is 30.3 Å². The summed E-state index contributed by atoms with van der Waals surface area (Å²) in [5, 5.41) is 0. The van der Waals surface area contributed by atoms with E-state index >= 15 is 0 Å². The Labute approximate surface area is 68.3 Å². The van der Waals surface area contributed by atoms with Gasteiger partial charge in [0.2, 0.25) is 0 Å². The molecule has 0 aliphatic rings. The van der Waals surface area contributed by atoms with Crippen LogP contribution in [0.1, 0.15) is 18.4 Å². The zero-order valence-corrected chi connectivity index (χ0v) is 6.51. The van der Waals surface area contributed by atoms with E-state index in [2.05, 4.69) is 18.8 Å². The summed E-state index contributed by atoms with van der Waals surface area (Å²) >= 11 is 0. The Kier molecular flexibility index (Phi) is 3.28. The molecule has 0 fully saturated rings. The SMILES string of the molecule is [CH2]CCC#Cc1ccccc1. The number of hydrogen-bond donors (Lipinski definition) is 0. The molecule has 0 atom stereocenters. The summed E-state index contributed by atoms with van der Waals surface area (Å²) in [6, 6.07) is 10.0. The van der Waals surface area contributed by atoms with Gasteiger partial charge in [-0.2, -0.15) is 0 Å². The molecule has 0 heteroatoms. The molecule has 0 N–H and O–H groups in total.